The van der Waals surface area contributed by atoms with Gasteiger partial charge in [0.1, 0.15) is 5.78 Å². The molecule has 3 atom stereocenters. The number of aliphatic carboxylic acids is 1. The van der Waals surface area contributed by atoms with E-state index in [2.05, 4.69) is 6.92 Å². The molecule has 5 nitrogen and oxygen atoms in total. The molecule has 5 heteroatoms. The number of rotatable bonds is 15. The third-order valence-corrected chi connectivity index (χ3v) is 5.42. The van der Waals surface area contributed by atoms with Gasteiger partial charge in [-0.3, -0.25) is 14.4 Å². The van der Waals surface area contributed by atoms with Gasteiger partial charge in [0.2, 0.25) is 0 Å². The van der Waals surface area contributed by atoms with E-state index in [0.29, 0.717) is 19.3 Å². The summed E-state index contributed by atoms with van der Waals surface area (Å²) in [6.45, 7) is 2.16. The van der Waals surface area contributed by atoms with Gasteiger partial charge in [-0.15, -0.1) is 0 Å². The van der Waals surface area contributed by atoms with Crippen molar-refractivity contribution < 1.29 is 24.6 Å². The second-order valence-electron chi connectivity index (χ2n) is 7.76. The van der Waals surface area contributed by atoms with E-state index in [4.69, 9.17) is 5.11 Å². The minimum absolute atomic E-state index is 0.0745. The average Bonchev–Trinajstić information content (AvgIpc) is 2.88. The summed E-state index contributed by atoms with van der Waals surface area (Å²) < 4.78 is 0. The summed E-state index contributed by atoms with van der Waals surface area (Å²) in [5.41, 5.74) is 0. The number of aliphatic hydroxyl groups excluding tert-OH is 1. The van der Waals surface area contributed by atoms with Gasteiger partial charge < -0.3 is 10.2 Å². The molecule has 0 radical (unpaired) electrons. The van der Waals surface area contributed by atoms with Crippen LogP contribution in [0.1, 0.15) is 90.4 Å². The lowest BCUT2D eigenvalue weighted by Gasteiger charge is -2.17. The number of carboxylic acids is 1. The minimum Gasteiger partial charge on any atom is -0.481 e. The number of carboxylic acid groups (broad SMARTS) is 1. The number of carbonyl (C=O) groups is 3. The number of unbranched alkanes of at least 4 members (excludes halogenated alkanes) is 7. The Morgan fingerprint density at radius 1 is 1.00 bits per heavy atom. The van der Waals surface area contributed by atoms with E-state index in [-0.39, 0.29) is 36.2 Å². The van der Waals surface area contributed by atoms with E-state index in [1.807, 2.05) is 0 Å². The van der Waals surface area contributed by atoms with E-state index >= 15 is 0 Å². The largest absolute Gasteiger partial charge is 0.481 e. The second-order valence-corrected chi connectivity index (χ2v) is 7.76. The van der Waals surface area contributed by atoms with Gasteiger partial charge in [0, 0.05) is 31.1 Å². The van der Waals surface area contributed by atoms with Crippen molar-refractivity contribution >= 4 is 17.5 Å². The topological polar surface area (TPSA) is 91.7 Å². The molecule has 2 N–H and O–H groups in total. The molecule has 0 spiro atoms. The lowest BCUT2D eigenvalue weighted by molar-refractivity contribution is -0.137. The van der Waals surface area contributed by atoms with Crippen LogP contribution < -0.4 is 0 Å². The number of ketones is 2. The molecule has 1 aliphatic rings. The molecular weight excluding hydrogens is 344 g/mol. The highest BCUT2D eigenvalue weighted by Crippen LogP contribution is 2.34. The van der Waals surface area contributed by atoms with Crippen LogP contribution in [-0.4, -0.2) is 33.9 Å². The third-order valence-electron chi connectivity index (χ3n) is 5.42. The van der Waals surface area contributed by atoms with Gasteiger partial charge in [0.15, 0.2) is 5.78 Å². The van der Waals surface area contributed by atoms with E-state index in [1.54, 1.807) is 12.2 Å². The van der Waals surface area contributed by atoms with E-state index in [1.165, 1.54) is 12.8 Å². The Kier molecular flexibility index (Phi) is 11.9. The molecule has 0 heterocycles. The summed E-state index contributed by atoms with van der Waals surface area (Å²) in [5.74, 6) is -1.10. The van der Waals surface area contributed by atoms with Crippen molar-refractivity contribution in [1.29, 1.82) is 0 Å². The molecule has 0 aliphatic heterocycles. The van der Waals surface area contributed by atoms with E-state index in [0.717, 1.165) is 38.5 Å². The monoisotopic (exact) mass is 380 g/mol. The zero-order valence-corrected chi connectivity index (χ0v) is 16.7. The first kappa shape index (κ1) is 23.5. The number of Topliss-reactive ketones (excluding diaryl/α,β-unsaturated/α-hetero) is 1. The molecular formula is C22H36O5. The van der Waals surface area contributed by atoms with Crippen LogP contribution in [0.3, 0.4) is 0 Å². The zero-order chi connectivity index (χ0) is 20.1. The first-order valence-corrected chi connectivity index (χ1v) is 10.6. The van der Waals surface area contributed by atoms with Gasteiger partial charge >= 0.3 is 5.97 Å². The van der Waals surface area contributed by atoms with Crippen molar-refractivity contribution in [3.05, 3.63) is 12.2 Å². The number of hydrogen-bond acceptors (Lipinski definition) is 4. The molecule has 27 heavy (non-hydrogen) atoms. The Hall–Kier alpha value is -1.49. The first-order chi connectivity index (χ1) is 13.0. The van der Waals surface area contributed by atoms with Gasteiger partial charge in [0.05, 0.1) is 6.10 Å². The zero-order valence-electron chi connectivity index (χ0n) is 16.7. The highest BCUT2D eigenvalue weighted by molar-refractivity contribution is 5.90. The lowest BCUT2D eigenvalue weighted by Crippen LogP contribution is -2.19. The van der Waals surface area contributed by atoms with Crippen molar-refractivity contribution in [2.24, 2.45) is 11.8 Å². The molecule has 0 unspecified atom stereocenters. The Bertz CT molecular complexity index is 497. The summed E-state index contributed by atoms with van der Waals surface area (Å²) in [7, 11) is 0. The Morgan fingerprint density at radius 2 is 1.63 bits per heavy atom. The summed E-state index contributed by atoms with van der Waals surface area (Å²) in [6, 6.07) is 0. The molecule has 1 fully saturated rings. The first-order valence-electron chi connectivity index (χ1n) is 10.6. The smallest absolute Gasteiger partial charge is 0.303 e. The summed E-state index contributed by atoms with van der Waals surface area (Å²) in [4.78, 5) is 34.7. The maximum Gasteiger partial charge on any atom is 0.303 e. The highest BCUT2D eigenvalue weighted by Gasteiger charge is 2.39. The van der Waals surface area contributed by atoms with Crippen LogP contribution in [0.15, 0.2) is 12.2 Å². The maximum absolute atomic E-state index is 12.2. The summed E-state index contributed by atoms with van der Waals surface area (Å²) >= 11 is 0. The molecule has 0 amide bonds. The van der Waals surface area contributed by atoms with Crippen molar-refractivity contribution in [3.8, 4) is 0 Å². The van der Waals surface area contributed by atoms with E-state index < -0.39 is 12.1 Å². The number of aliphatic hydroxyl groups is 1. The molecule has 0 aromatic heterocycles. The molecule has 0 bridgehead atoms. The van der Waals surface area contributed by atoms with Gasteiger partial charge in [-0.05, 0) is 25.3 Å². The van der Waals surface area contributed by atoms with Crippen molar-refractivity contribution in [1.82, 2.24) is 0 Å². The number of carbonyl (C=O) groups excluding carboxylic acids is 2. The van der Waals surface area contributed by atoms with Crippen molar-refractivity contribution in [3.63, 3.8) is 0 Å². The van der Waals surface area contributed by atoms with Gasteiger partial charge in [0.25, 0.3) is 0 Å². The third kappa shape index (κ3) is 9.85. The Labute approximate surface area is 163 Å². The molecule has 0 saturated heterocycles. The van der Waals surface area contributed by atoms with Crippen LogP contribution in [-0.2, 0) is 14.4 Å². The average molecular weight is 381 g/mol. The Morgan fingerprint density at radius 3 is 2.30 bits per heavy atom. The molecule has 0 aromatic rings. The van der Waals surface area contributed by atoms with Crippen molar-refractivity contribution in [2.45, 2.75) is 96.5 Å². The fraction of sp³-hybridized carbons (Fsp3) is 0.773. The van der Waals surface area contributed by atoms with Crippen molar-refractivity contribution in [2.75, 3.05) is 0 Å². The van der Waals surface area contributed by atoms with E-state index in [9.17, 15) is 19.5 Å². The molecule has 1 saturated carbocycles. The fourth-order valence-electron chi connectivity index (χ4n) is 3.79. The lowest BCUT2D eigenvalue weighted by atomic mass is 9.88. The maximum atomic E-state index is 12.2. The van der Waals surface area contributed by atoms with Crippen LogP contribution in [0, 0.1) is 11.8 Å². The van der Waals surface area contributed by atoms with Crippen LogP contribution in [0.5, 0.6) is 0 Å². The van der Waals surface area contributed by atoms with Gasteiger partial charge in [-0.25, -0.2) is 0 Å². The number of hydrogen-bond donors (Lipinski definition) is 2. The standard InChI is InChI=1S/C22H36O5/c1-2-3-4-5-8-11-17(23)14-15-19-18(20(24)16-21(19)25)12-9-6-7-10-13-22(26)27/h14-15,18-19,21,25H,2-13,16H2,1H3,(H,26,27)/b15-14+/t18-,19-,21-/m1/s1. The van der Waals surface area contributed by atoms with Crippen LogP contribution >= 0.6 is 0 Å². The summed E-state index contributed by atoms with van der Waals surface area (Å²) in [5, 5.41) is 18.8. The van der Waals surface area contributed by atoms with Crippen LogP contribution in [0.2, 0.25) is 0 Å². The minimum atomic E-state index is -0.774. The quantitative estimate of drug-likeness (QED) is 0.323. The SMILES string of the molecule is CCCCCCCC(=O)/C=C/[C@H]1[C@H](O)CC(=O)[C@@H]1CCCCCCC(=O)O. The predicted octanol–water partition coefficient (Wildman–Crippen LogP) is 4.46. The predicted molar refractivity (Wildman–Crippen MR) is 105 cm³/mol. The second kappa shape index (κ2) is 13.6. The number of allylic oxidation sites excluding steroid dienone is 1. The summed E-state index contributed by atoms with van der Waals surface area (Å²) in [6.07, 6.45) is 13.0. The fourth-order valence-corrected chi connectivity index (χ4v) is 3.79. The normalized spacial score (nSPS) is 22.6. The van der Waals surface area contributed by atoms with Crippen LogP contribution in [0.25, 0.3) is 0 Å². The van der Waals surface area contributed by atoms with Gasteiger partial charge in [-0.1, -0.05) is 57.9 Å². The molecule has 1 aliphatic carbocycles. The molecule has 1 rings (SSSR count). The van der Waals surface area contributed by atoms with Crippen LogP contribution in [0.4, 0.5) is 0 Å². The Balaban J connectivity index is 2.36. The van der Waals surface area contributed by atoms with Gasteiger partial charge in [-0.2, -0.15) is 0 Å². The molecule has 154 valence electrons. The highest BCUT2D eigenvalue weighted by atomic mass is 16.4. The molecule has 0 aromatic carbocycles.